The lowest BCUT2D eigenvalue weighted by Gasteiger charge is -2.08. The summed E-state index contributed by atoms with van der Waals surface area (Å²) in [7, 11) is 0. The maximum absolute atomic E-state index is 5.47. The largest absolute Gasteiger partial charge is 0.366 e. The number of nitrogen functional groups attached to an aromatic ring is 1. The van der Waals surface area contributed by atoms with E-state index in [0.29, 0.717) is 12.0 Å². The normalized spacial score (nSPS) is 18.8. The highest BCUT2D eigenvalue weighted by atomic mass is 79.9. The van der Waals surface area contributed by atoms with Crippen LogP contribution in [-0.2, 0) is 0 Å². The molecule has 0 unspecified atom stereocenters. The van der Waals surface area contributed by atoms with Crippen LogP contribution in [0.3, 0.4) is 0 Å². The van der Waals surface area contributed by atoms with Crippen LogP contribution in [0.2, 0.25) is 0 Å². The van der Waals surface area contributed by atoms with Crippen LogP contribution >= 0.6 is 15.9 Å². The molecule has 0 bridgehead atoms. The predicted octanol–water partition coefficient (Wildman–Crippen LogP) is 1.74. The van der Waals surface area contributed by atoms with Crippen molar-refractivity contribution in [3.8, 4) is 0 Å². The van der Waals surface area contributed by atoms with E-state index in [-0.39, 0.29) is 0 Å². The number of hydrogen-bond acceptors (Lipinski definition) is 3. The molecule has 0 aromatic carbocycles. The molecule has 12 heavy (non-hydrogen) atoms. The van der Waals surface area contributed by atoms with Gasteiger partial charge in [-0.2, -0.15) is 4.98 Å². The fraction of sp³-hybridized carbons (Fsp3) is 0.714. The molecule has 4 nitrogen and oxygen atoms in total. The third-order valence-electron chi connectivity index (χ3n) is 2.28. The van der Waals surface area contributed by atoms with Crippen LogP contribution in [-0.4, -0.2) is 14.8 Å². The fourth-order valence-electron chi connectivity index (χ4n) is 1.70. The minimum atomic E-state index is 0.355. The van der Waals surface area contributed by atoms with Crippen LogP contribution in [0.25, 0.3) is 0 Å². The van der Waals surface area contributed by atoms with Crippen LogP contribution < -0.4 is 5.73 Å². The minimum Gasteiger partial charge on any atom is -0.366 e. The second-order valence-corrected chi connectivity index (χ2v) is 3.83. The van der Waals surface area contributed by atoms with E-state index in [1.54, 1.807) is 0 Å². The number of nitrogens with zero attached hydrogens (tertiary/aromatic N) is 3. The van der Waals surface area contributed by atoms with Gasteiger partial charge in [0, 0.05) is 0 Å². The van der Waals surface area contributed by atoms with Crippen LogP contribution in [0.4, 0.5) is 5.95 Å². The molecule has 1 saturated carbocycles. The van der Waals surface area contributed by atoms with Crippen molar-refractivity contribution in [2.75, 3.05) is 5.73 Å². The summed E-state index contributed by atoms with van der Waals surface area (Å²) >= 11 is 3.34. The molecule has 0 spiro atoms. The van der Waals surface area contributed by atoms with Gasteiger partial charge in [-0.3, -0.25) is 0 Å². The standard InChI is InChI=1S/C7H11BrN4/c8-6-10-7(9)11-12(6)5-3-1-2-4-5/h5H,1-4H2,(H2,9,11). The summed E-state index contributed by atoms with van der Waals surface area (Å²) in [5, 5.41) is 4.13. The SMILES string of the molecule is Nc1nc(Br)n(C2CCCC2)n1. The summed E-state index contributed by atoms with van der Waals surface area (Å²) in [5.41, 5.74) is 5.47. The van der Waals surface area contributed by atoms with Crippen LogP contribution in [0.5, 0.6) is 0 Å². The predicted molar refractivity (Wildman–Crippen MR) is 49.6 cm³/mol. The number of halogens is 1. The third kappa shape index (κ3) is 1.33. The van der Waals surface area contributed by atoms with E-state index >= 15 is 0 Å². The first-order valence-corrected chi connectivity index (χ1v) is 4.94. The summed E-state index contributed by atoms with van der Waals surface area (Å²) in [6.45, 7) is 0. The highest BCUT2D eigenvalue weighted by Crippen LogP contribution is 2.30. The zero-order valence-corrected chi connectivity index (χ0v) is 8.29. The summed E-state index contributed by atoms with van der Waals surface area (Å²) in [5.74, 6) is 0.355. The van der Waals surface area contributed by atoms with E-state index < -0.39 is 0 Å². The molecule has 2 N–H and O–H groups in total. The van der Waals surface area contributed by atoms with Gasteiger partial charge in [0.25, 0.3) is 0 Å². The molecule has 1 fully saturated rings. The fourth-order valence-corrected chi connectivity index (χ4v) is 2.25. The molecule has 0 radical (unpaired) electrons. The second kappa shape index (κ2) is 3.05. The Bertz CT molecular complexity index is 277. The number of anilines is 1. The Labute approximate surface area is 79.3 Å². The molecule has 0 saturated heterocycles. The van der Waals surface area contributed by atoms with E-state index in [1.807, 2.05) is 4.68 Å². The molecular formula is C7H11BrN4. The average Bonchev–Trinajstić information content (AvgIpc) is 2.58. The molecule has 1 aliphatic carbocycles. The van der Waals surface area contributed by atoms with Crippen molar-refractivity contribution in [1.82, 2.24) is 14.8 Å². The Morgan fingerprint density at radius 3 is 2.58 bits per heavy atom. The van der Waals surface area contributed by atoms with E-state index in [0.717, 1.165) is 4.73 Å². The lowest BCUT2D eigenvalue weighted by atomic mass is 10.3. The highest BCUT2D eigenvalue weighted by Gasteiger charge is 2.20. The van der Waals surface area contributed by atoms with Crippen molar-refractivity contribution in [3.63, 3.8) is 0 Å². The molecule has 0 atom stereocenters. The van der Waals surface area contributed by atoms with Gasteiger partial charge in [0.1, 0.15) is 0 Å². The van der Waals surface area contributed by atoms with Gasteiger partial charge in [0.2, 0.25) is 5.95 Å². The number of aromatic nitrogens is 3. The molecular weight excluding hydrogens is 220 g/mol. The van der Waals surface area contributed by atoms with Gasteiger partial charge >= 0.3 is 0 Å². The van der Waals surface area contributed by atoms with Crippen molar-refractivity contribution in [1.29, 1.82) is 0 Å². The monoisotopic (exact) mass is 230 g/mol. The number of hydrogen-bond donors (Lipinski definition) is 1. The van der Waals surface area contributed by atoms with E-state index in [9.17, 15) is 0 Å². The van der Waals surface area contributed by atoms with Crippen LogP contribution in [0.1, 0.15) is 31.7 Å². The molecule has 1 heterocycles. The summed E-state index contributed by atoms with van der Waals surface area (Å²) in [6, 6.07) is 0.504. The van der Waals surface area contributed by atoms with Crippen LogP contribution in [0.15, 0.2) is 4.73 Å². The molecule has 0 aliphatic heterocycles. The molecule has 2 rings (SSSR count). The Morgan fingerprint density at radius 1 is 1.42 bits per heavy atom. The summed E-state index contributed by atoms with van der Waals surface area (Å²) in [6.07, 6.45) is 4.97. The zero-order valence-electron chi connectivity index (χ0n) is 6.70. The smallest absolute Gasteiger partial charge is 0.240 e. The Balaban J connectivity index is 2.25. The molecule has 66 valence electrons. The van der Waals surface area contributed by atoms with Gasteiger partial charge in [0.05, 0.1) is 6.04 Å². The minimum absolute atomic E-state index is 0.355. The summed E-state index contributed by atoms with van der Waals surface area (Å²) in [4.78, 5) is 4.00. The molecule has 1 aromatic heterocycles. The van der Waals surface area contributed by atoms with Gasteiger partial charge in [-0.05, 0) is 28.8 Å². The van der Waals surface area contributed by atoms with Crippen molar-refractivity contribution in [2.45, 2.75) is 31.7 Å². The van der Waals surface area contributed by atoms with Gasteiger partial charge in [0.15, 0.2) is 4.73 Å². The topological polar surface area (TPSA) is 56.7 Å². The molecule has 0 amide bonds. The first-order valence-electron chi connectivity index (χ1n) is 4.15. The van der Waals surface area contributed by atoms with Crippen LogP contribution in [0, 0.1) is 0 Å². The number of nitrogens with two attached hydrogens (primary N) is 1. The Kier molecular flexibility index (Phi) is 2.04. The average molecular weight is 231 g/mol. The van der Waals surface area contributed by atoms with Crippen molar-refractivity contribution in [3.05, 3.63) is 4.73 Å². The molecule has 1 aliphatic rings. The molecule has 5 heteroatoms. The highest BCUT2D eigenvalue weighted by molar-refractivity contribution is 9.10. The van der Waals surface area contributed by atoms with Crippen molar-refractivity contribution < 1.29 is 0 Å². The maximum Gasteiger partial charge on any atom is 0.240 e. The first-order chi connectivity index (χ1) is 5.77. The Hall–Kier alpha value is -0.580. The van der Waals surface area contributed by atoms with Gasteiger partial charge in [-0.15, -0.1) is 5.10 Å². The zero-order chi connectivity index (χ0) is 8.55. The maximum atomic E-state index is 5.47. The van der Waals surface area contributed by atoms with Gasteiger partial charge in [-0.25, -0.2) is 4.68 Å². The quantitative estimate of drug-likeness (QED) is 0.800. The van der Waals surface area contributed by atoms with E-state index in [4.69, 9.17) is 5.73 Å². The molecule has 1 aromatic rings. The first kappa shape index (κ1) is 8.04. The van der Waals surface area contributed by atoms with Crippen molar-refractivity contribution in [2.24, 2.45) is 0 Å². The summed E-state index contributed by atoms with van der Waals surface area (Å²) < 4.78 is 2.65. The van der Waals surface area contributed by atoms with E-state index in [2.05, 4.69) is 26.0 Å². The van der Waals surface area contributed by atoms with Gasteiger partial charge < -0.3 is 5.73 Å². The van der Waals surface area contributed by atoms with Gasteiger partial charge in [-0.1, -0.05) is 12.8 Å². The lowest BCUT2D eigenvalue weighted by Crippen LogP contribution is -2.07. The third-order valence-corrected chi connectivity index (χ3v) is 2.82. The number of rotatable bonds is 1. The lowest BCUT2D eigenvalue weighted by molar-refractivity contribution is 0.457. The Morgan fingerprint density at radius 2 is 2.08 bits per heavy atom. The van der Waals surface area contributed by atoms with E-state index in [1.165, 1.54) is 25.7 Å². The second-order valence-electron chi connectivity index (χ2n) is 3.12. The van der Waals surface area contributed by atoms with Crippen molar-refractivity contribution >= 4 is 21.9 Å².